The Kier molecular flexibility index (Phi) is 12.6. The molecular formula is C23H33NO4. The van der Waals surface area contributed by atoms with E-state index in [2.05, 4.69) is 25.8 Å². The molecule has 0 atom stereocenters. The molecule has 2 aromatic rings. The molecule has 28 heavy (non-hydrogen) atoms. The second-order valence-electron chi connectivity index (χ2n) is 6.32. The highest BCUT2D eigenvalue weighted by Crippen LogP contribution is 2.12. The zero-order valence-corrected chi connectivity index (χ0v) is 17.6. The van der Waals surface area contributed by atoms with Gasteiger partial charge in [0.2, 0.25) is 0 Å². The number of carbonyl (C=O) groups is 1. The van der Waals surface area contributed by atoms with E-state index < -0.39 is 0 Å². The summed E-state index contributed by atoms with van der Waals surface area (Å²) in [5, 5.41) is 0. The van der Waals surface area contributed by atoms with Gasteiger partial charge in [-0.05, 0) is 48.7 Å². The van der Waals surface area contributed by atoms with Crippen molar-refractivity contribution >= 4 is 5.97 Å². The van der Waals surface area contributed by atoms with Crippen LogP contribution in [0.25, 0.3) is 0 Å². The van der Waals surface area contributed by atoms with E-state index in [0.717, 1.165) is 17.7 Å². The minimum absolute atomic E-state index is 0.230. The number of carbonyl (C=O) groups excluding carboxylic acids is 1. The Morgan fingerprint density at radius 2 is 1.68 bits per heavy atom. The molecule has 2 rings (SSSR count). The Morgan fingerprint density at radius 1 is 0.964 bits per heavy atom. The summed E-state index contributed by atoms with van der Waals surface area (Å²) in [4.78, 5) is 16.1. The van der Waals surface area contributed by atoms with Gasteiger partial charge >= 0.3 is 5.97 Å². The summed E-state index contributed by atoms with van der Waals surface area (Å²) in [6, 6.07) is 11.4. The lowest BCUT2D eigenvalue weighted by Crippen LogP contribution is -2.13. The first kappa shape index (κ1) is 23.8. The normalized spacial score (nSPS) is 10.1. The van der Waals surface area contributed by atoms with Crippen LogP contribution in [0, 0.1) is 6.92 Å². The van der Waals surface area contributed by atoms with Gasteiger partial charge in [0, 0.05) is 6.20 Å². The molecule has 1 aromatic carbocycles. The molecule has 5 nitrogen and oxygen atoms in total. The van der Waals surface area contributed by atoms with Gasteiger partial charge < -0.3 is 14.2 Å². The second-order valence-corrected chi connectivity index (χ2v) is 6.32. The smallest absolute Gasteiger partial charge is 0.338 e. The van der Waals surface area contributed by atoms with Crippen LogP contribution in [0.3, 0.4) is 0 Å². The van der Waals surface area contributed by atoms with Crippen LogP contribution in [-0.4, -0.2) is 37.4 Å². The predicted octanol–water partition coefficient (Wildman–Crippen LogP) is 4.76. The first-order valence-electron chi connectivity index (χ1n) is 9.94. The van der Waals surface area contributed by atoms with Crippen molar-refractivity contribution in [2.24, 2.45) is 0 Å². The number of hydrogen-bond acceptors (Lipinski definition) is 5. The number of nitrogens with zero attached hydrogens (tertiary/aromatic N) is 1. The molecule has 0 radical (unpaired) electrons. The molecule has 1 aromatic heterocycles. The van der Waals surface area contributed by atoms with Crippen LogP contribution in [0.1, 0.15) is 54.4 Å². The zero-order chi connectivity index (χ0) is 20.6. The fourth-order valence-electron chi connectivity index (χ4n) is 2.38. The van der Waals surface area contributed by atoms with Gasteiger partial charge in [-0.15, -0.1) is 0 Å². The zero-order valence-electron chi connectivity index (χ0n) is 17.6. The molecule has 1 heterocycles. The monoisotopic (exact) mass is 387 g/mol. The third-order valence-corrected chi connectivity index (χ3v) is 3.77. The summed E-state index contributed by atoms with van der Waals surface area (Å²) in [6.45, 7) is 10.3. The molecule has 0 unspecified atom stereocenters. The maximum Gasteiger partial charge on any atom is 0.338 e. The van der Waals surface area contributed by atoms with Crippen LogP contribution in [-0.2, 0) is 27.2 Å². The summed E-state index contributed by atoms with van der Waals surface area (Å²) in [7, 11) is 0. The van der Waals surface area contributed by atoms with Gasteiger partial charge in [-0.1, -0.05) is 39.3 Å². The molecule has 0 aliphatic heterocycles. The first-order chi connectivity index (χ1) is 13.6. The molecule has 0 fully saturated rings. The highest BCUT2D eigenvalue weighted by Gasteiger charge is 2.08. The quantitative estimate of drug-likeness (QED) is 0.435. The minimum Gasteiger partial charge on any atom is -0.460 e. The number of ether oxygens (including phenoxy) is 3. The lowest BCUT2D eigenvalue weighted by Gasteiger charge is -2.08. The maximum atomic E-state index is 12.0. The fraction of sp³-hybridized carbons (Fsp3) is 0.478. The third-order valence-electron chi connectivity index (χ3n) is 3.77. The summed E-state index contributed by atoms with van der Waals surface area (Å²) in [6.07, 6.45) is 3.94. The number of rotatable bonds is 10. The van der Waals surface area contributed by atoms with E-state index in [1.54, 1.807) is 12.3 Å². The van der Waals surface area contributed by atoms with Gasteiger partial charge in [0.15, 0.2) is 0 Å². The van der Waals surface area contributed by atoms with E-state index in [0.29, 0.717) is 32.0 Å². The largest absolute Gasteiger partial charge is 0.460 e. The second kappa shape index (κ2) is 14.8. The Morgan fingerprint density at radius 3 is 2.32 bits per heavy atom. The van der Waals surface area contributed by atoms with Gasteiger partial charge in [-0.2, -0.15) is 0 Å². The van der Waals surface area contributed by atoms with E-state index in [9.17, 15) is 4.79 Å². The predicted molar refractivity (Wildman–Crippen MR) is 112 cm³/mol. The van der Waals surface area contributed by atoms with Crippen LogP contribution < -0.4 is 0 Å². The van der Waals surface area contributed by atoms with Gasteiger partial charge in [-0.3, -0.25) is 4.98 Å². The molecule has 0 aliphatic rings. The van der Waals surface area contributed by atoms with Crippen LogP contribution in [0.5, 0.6) is 0 Å². The molecule has 0 N–H and O–H groups in total. The Hall–Kier alpha value is -2.24. The lowest BCUT2D eigenvalue weighted by molar-refractivity contribution is 0.0112. The van der Waals surface area contributed by atoms with Crippen LogP contribution in [0.15, 0.2) is 42.6 Å². The minimum atomic E-state index is -0.319. The molecule has 0 aliphatic carbocycles. The SMILES string of the molecule is CCC.CCc1ccc(C(=O)OCCOCCOCc2ccccn2)cc1C. The average Bonchev–Trinajstić information content (AvgIpc) is 2.71. The van der Waals surface area contributed by atoms with Gasteiger partial charge in [0.25, 0.3) is 0 Å². The summed E-state index contributed by atoms with van der Waals surface area (Å²) >= 11 is 0. The van der Waals surface area contributed by atoms with E-state index in [4.69, 9.17) is 14.2 Å². The number of aryl methyl sites for hydroxylation is 2. The van der Waals surface area contributed by atoms with Crippen molar-refractivity contribution in [2.45, 2.75) is 47.1 Å². The number of benzene rings is 1. The molecule has 0 spiro atoms. The summed E-state index contributed by atoms with van der Waals surface area (Å²) < 4.78 is 16.1. The Balaban J connectivity index is 0.00000122. The van der Waals surface area contributed by atoms with E-state index in [1.165, 1.54) is 12.0 Å². The van der Waals surface area contributed by atoms with Crippen molar-refractivity contribution in [1.82, 2.24) is 4.98 Å². The van der Waals surface area contributed by atoms with Crippen molar-refractivity contribution < 1.29 is 19.0 Å². The molecule has 0 amide bonds. The topological polar surface area (TPSA) is 57.7 Å². The van der Waals surface area contributed by atoms with Gasteiger partial charge in [0.1, 0.15) is 6.61 Å². The van der Waals surface area contributed by atoms with E-state index >= 15 is 0 Å². The maximum absolute atomic E-state index is 12.0. The molecular weight excluding hydrogens is 354 g/mol. The summed E-state index contributed by atoms with van der Waals surface area (Å²) in [5.41, 5.74) is 3.82. The van der Waals surface area contributed by atoms with Gasteiger partial charge in [-0.25, -0.2) is 4.79 Å². The van der Waals surface area contributed by atoms with Gasteiger partial charge in [0.05, 0.1) is 37.7 Å². The lowest BCUT2D eigenvalue weighted by atomic mass is 10.0. The average molecular weight is 388 g/mol. The standard InChI is InChI=1S/C20H25NO4.C3H8/c1-3-17-7-8-18(14-16(17)2)20(22)25-13-12-23-10-11-24-15-19-6-4-5-9-21-19;1-3-2/h4-9,14H,3,10-13,15H2,1-2H3;3H2,1-2H3. The van der Waals surface area contributed by atoms with Crippen LogP contribution in [0.2, 0.25) is 0 Å². The van der Waals surface area contributed by atoms with E-state index in [-0.39, 0.29) is 12.6 Å². The van der Waals surface area contributed by atoms with Crippen molar-refractivity contribution in [3.05, 3.63) is 65.0 Å². The van der Waals surface area contributed by atoms with Crippen LogP contribution in [0.4, 0.5) is 0 Å². The fourth-order valence-corrected chi connectivity index (χ4v) is 2.38. The Labute approximate surface area is 169 Å². The number of aromatic nitrogens is 1. The number of pyridine rings is 1. The summed E-state index contributed by atoms with van der Waals surface area (Å²) in [5.74, 6) is -0.319. The van der Waals surface area contributed by atoms with Crippen molar-refractivity contribution in [3.8, 4) is 0 Å². The third kappa shape index (κ3) is 9.62. The number of hydrogen-bond donors (Lipinski definition) is 0. The van der Waals surface area contributed by atoms with Crippen molar-refractivity contribution in [1.29, 1.82) is 0 Å². The highest BCUT2D eigenvalue weighted by molar-refractivity contribution is 5.89. The molecule has 0 bridgehead atoms. The van der Waals surface area contributed by atoms with E-state index in [1.807, 2.05) is 37.3 Å². The van der Waals surface area contributed by atoms with Crippen molar-refractivity contribution in [2.75, 3.05) is 26.4 Å². The molecule has 0 saturated heterocycles. The first-order valence-corrected chi connectivity index (χ1v) is 9.94. The number of esters is 1. The van der Waals surface area contributed by atoms with Crippen molar-refractivity contribution in [3.63, 3.8) is 0 Å². The van der Waals surface area contributed by atoms with Crippen LogP contribution >= 0.6 is 0 Å². The Bertz CT molecular complexity index is 674. The highest BCUT2D eigenvalue weighted by atomic mass is 16.6. The molecule has 154 valence electrons. The molecule has 5 heteroatoms. The molecule has 0 saturated carbocycles.